The first-order valence-electron chi connectivity index (χ1n) is 6.56. The van der Waals surface area contributed by atoms with Crippen LogP contribution in [0.3, 0.4) is 0 Å². The van der Waals surface area contributed by atoms with Crippen LogP contribution in [-0.4, -0.2) is 17.1 Å². The van der Waals surface area contributed by atoms with Crippen LogP contribution in [0.5, 0.6) is 5.75 Å². The van der Waals surface area contributed by atoms with Crippen LogP contribution in [0.25, 0.3) is 10.9 Å². The molecule has 108 valence electrons. The predicted molar refractivity (Wildman–Crippen MR) is 84.9 cm³/mol. The maximum absolute atomic E-state index is 8.97. The van der Waals surface area contributed by atoms with Gasteiger partial charge in [-0.1, -0.05) is 0 Å². The number of hydrogen-bond acceptors (Lipinski definition) is 6. The standard InChI is InChI=1S/C16H13N5O/c1-22-14-3-2-11-9-19-16(21-15(11)7-14)20-13-5-10(8-17)4-12(18)6-13/h2-7,9H,18H2,1H3,(H,19,20,21). The maximum atomic E-state index is 8.97. The van der Waals surface area contributed by atoms with Crippen molar-refractivity contribution in [3.05, 3.63) is 48.2 Å². The molecule has 22 heavy (non-hydrogen) atoms. The van der Waals surface area contributed by atoms with E-state index in [1.54, 1.807) is 31.5 Å². The van der Waals surface area contributed by atoms with Crippen molar-refractivity contribution in [1.29, 1.82) is 5.26 Å². The Morgan fingerprint density at radius 3 is 2.86 bits per heavy atom. The Kier molecular flexibility index (Phi) is 3.46. The number of ether oxygens (including phenoxy) is 1. The molecule has 0 bridgehead atoms. The van der Waals surface area contributed by atoms with Gasteiger partial charge in [-0.05, 0) is 30.3 Å². The normalized spacial score (nSPS) is 10.2. The molecule has 0 aliphatic heterocycles. The van der Waals surface area contributed by atoms with Crippen LogP contribution < -0.4 is 15.8 Å². The van der Waals surface area contributed by atoms with E-state index < -0.39 is 0 Å². The van der Waals surface area contributed by atoms with Gasteiger partial charge in [0, 0.05) is 29.0 Å². The Hall–Kier alpha value is -3.33. The lowest BCUT2D eigenvalue weighted by atomic mass is 10.2. The minimum Gasteiger partial charge on any atom is -0.497 e. The lowest BCUT2D eigenvalue weighted by Crippen LogP contribution is -1.99. The second-order valence-electron chi connectivity index (χ2n) is 4.70. The molecule has 0 atom stereocenters. The Bertz CT molecular complexity index is 885. The van der Waals surface area contributed by atoms with Gasteiger partial charge in [0.25, 0.3) is 0 Å². The minimum absolute atomic E-state index is 0.426. The predicted octanol–water partition coefficient (Wildman–Crippen LogP) is 2.84. The van der Waals surface area contributed by atoms with E-state index in [0.29, 0.717) is 22.9 Å². The van der Waals surface area contributed by atoms with Gasteiger partial charge < -0.3 is 15.8 Å². The fourth-order valence-corrected chi connectivity index (χ4v) is 2.11. The average molecular weight is 291 g/mol. The third kappa shape index (κ3) is 2.74. The van der Waals surface area contributed by atoms with Crippen LogP contribution in [-0.2, 0) is 0 Å². The third-order valence-electron chi connectivity index (χ3n) is 3.13. The highest BCUT2D eigenvalue weighted by Crippen LogP contribution is 2.22. The monoisotopic (exact) mass is 291 g/mol. The number of hydrogen-bond donors (Lipinski definition) is 2. The molecule has 0 spiro atoms. The lowest BCUT2D eigenvalue weighted by molar-refractivity contribution is 0.415. The van der Waals surface area contributed by atoms with Crippen molar-refractivity contribution in [3.8, 4) is 11.8 Å². The highest BCUT2D eigenvalue weighted by atomic mass is 16.5. The van der Waals surface area contributed by atoms with E-state index in [0.717, 1.165) is 16.7 Å². The number of nitriles is 1. The van der Waals surface area contributed by atoms with Crippen molar-refractivity contribution in [2.24, 2.45) is 0 Å². The van der Waals surface area contributed by atoms with E-state index in [9.17, 15) is 0 Å². The van der Waals surface area contributed by atoms with Gasteiger partial charge in [-0.25, -0.2) is 9.97 Å². The first-order valence-corrected chi connectivity index (χ1v) is 6.56. The summed E-state index contributed by atoms with van der Waals surface area (Å²) in [5.41, 5.74) is 8.18. The van der Waals surface area contributed by atoms with E-state index in [-0.39, 0.29) is 0 Å². The van der Waals surface area contributed by atoms with Crippen LogP contribution >= 0.6 is 0 Å². The van der Waals surface area contributed by atoms with Gasteiger partial charge in [-0.2, -0.15) is 5.26 Å². The van der Waals surface area contributed by atoms with E-state index in [1.165, 1.54) is 0 Å². The molecule has 3 aromatic rings. The lowest BCUT2D eigenvalue weighted by Gasteiger charge is -2.08. The van der Waals surface area contributed by atoms with Gasteiger partial charge in [-0.15, -0.1) is 0 Å². The van der Waals surface area contributed by atoms with E-state index in [2.05, 4.69) is 21.4 Å². The second kappa shape index (κ2) is 5.58. The molecule has 0 unspecified atom stereocenters. The molecule has 0 saturated heterocycles. The van der Waals surface area contributed by atoms with Crippen LogP contribution in [0, 0.1) is 11.3 Å². The highest BCUT2D eigenvalue weighted by molar-refractivity contribution is 5.80. The molecule has 2 aromatic carbocycles. The topological polar surface area (TPSA) is 96.9 Å². The summed E-state index contributed by atoms with van der Waals surface area (Å²) in [6, 6.07) is 12.7. The summed E-state index contributed by atoms with van der Waals surface area (Å²) in [5, 5.41) is 12.9. The highest BCUT2D eigenvalue weighted by Gasteiger charge is 2.04. The number of nitrogens with two attached hydrogens (primary N) is 1. The molecule has 1 heterocycles. The molecule has 3 N–H and O–H groups in total. The van der Waals surface area contributed by atoms with Crippen molar-refractivity contribution >= 4 is 28.2 Å². The summed E-state index contributed by atoms with van der Waals surface area (Å²) in [5.74, 6) is 1.16. The molecule has 6 nitrogen and oxygen atoms in total. The summed E-state index contributed by atoms with van der Waals surface area (Å²) in [6.45, 7) is 0. The van der Waals surface area contributed by atoms with Gasteiger partial charge in [-0.3, -0.25) is 0 Å². The Morgan fingerprint density at radius 2 is 2.09 bits per heavy atom. The summed E-state index contributed by atoms with van der Waals surface area (Å²) in [6.07, 6.45) is 1.72. The molecular formula is C16H13N5O. The molecule has 3 rings (SSSR count). The van der Waals surface area contributed by atoms with Crippen LogP contribution in [0.15, 0.2) is 42.6 Å². The Morgan fingerprint density at radius 1 is 1.23 bits per heavy atom. The number of nitrogen functional groups attached to an aromatic ring is 1. The maximum Gasteiger partial charge on any atom is 0.227 e. The SMILES string of the molecule is COc1ccc2cnc(Nc3cc(N)cc(C#N)c3)nc2c1. The first kappa shape index (κ1) is 13.6. The largest absolute Gasteiger partial charge is 0.497 e. The number of nitrogens with zero attached hydrogens (tertiary/aromatic N) is 3. The fraction of sp³-hybridized carbons (Fsp3) is 0.0625. The van der Waals surface area contributed by atoms with Crippen LogP contribution in [0.4, 0.5) is 17.3 Å². The number of benzene rings is 2. The zero-order valence-corrected chi connectivity index (χ0v) is 11.9. The van der Waals surface area contributed by atoms with Crippen molar-refractivity contribution in [3.63, 3.8) is 0 Å². The zero-order valence-electron chi connectivity index (χ0n) is 11.9. The Balaban J connectivity index is 1.97. The van der Waals surface area contributed by atoms with E-state index in [4.69, 9.17) is 15.7 Å². The van der Waals surface area contributed by atoms with Crippen molar-refractivity contribution in [2.45, 2.75) is 0 Å². The van der Waals surface area contributed by atoms with E-state index in [1.807, 2.05) is 18.2 Å². The second-order valence-corrected chi connectivity index (χ2v) is 4.70. The van der Waals surface area contributed by atoms with Crippen molar-refractivity contribution in [1.82, 2.24) is 9.97 Å². The number of fused-ring (bicyclic) bond motifs is 1. The molecule has 0 aliphatic rings. The summed E-state index contributed by atoms with van der Waals surface area (Å²) in [7, 11) is 1.61. The molecule has 0 aliphatic carbocycles. The number of nitrogens with one attached hydrogen (secondary N) is 1. The smallest absolute Gasteiger partial charge is 0.227 e. The molecule has 0 radical (unpaired) electrons. The molecular weight excluding hydrogens is 278 g/mol. The molecule has 1 aromatic heterocycles. The number of methoxy groups -OCH3 is 1. The summed E-state index contributed by atoms with van der Waals surface area (Å²) in [4.78, 5) is 8.69. The quantitative estimate of drug-likeness (QED) is 0.720. The van der Waals surface area contributed by atoms with Gasteiger partial charge >= 0.3 is 0 Å². The molecule has 0 amide bonds. The molecule has 0 saturated carbocycles. The molecule has 6 heteroatoms. The van der Waals surface area contributed by atoms with E-state index >= 15 is 0 Å². The van der Waals surface area contributed by atoms with Crippen LogP contribution in [0.1, 0.15) is 5.56 Å². The summed E-state index contributed by atoms with van der Waals surface area (Å²) >= 11 is 0. The van der Waals surface area contributed by atoms with Crippen LogP contribution in [0.2, 0.25) is 0 Å². The number of rotatable bonds is 3. The Labute approximate surface area is 127 Å². The summed E-state index contributed by atoms with van der Waals surface area (Å²) < 4.78 is 5.19. The van der Waals surface area contributed by atoms with Gasteiger partial charge in [0.1, 0.15) is 5.75 Å². The van der Waals surface area contributed by atoms with Crippen molar-refractivity contribution < 1.29 is 4.74 Å². The van der Waals surface area contributed by atoms with Gasteiger partial charge in [0.05, 0.1) is 24.3 Å². The molecule has 0 fully saturated rings. The number of anilines is 3. The minimum atomic E-state index is 0.426. The van der Waals surface area contributed by atoms with Crippen molar-refractivity contribution in [2.75, 3.05) is 18.2 Å². The average Bonchev–Trinajstić information content (AvgIpc) is 2.53. The fourth-order valence-electron chi connectivity index (χ4n) is 2.11. The first-order chi connectivity index (χ1) is 10.7. The zero-order chi connectivity index (χ0) is 15.5. The van der Waals surface area contributed by atoms with Gasteiger partial charge in [0.15, 0.2) is 0 Å². The third-order valence-corrected chi connectivity index (χ3v) is 3.13. The number of aromatic nitrogens is 2. The van der Waals surface area contributed by atoms with Gasteiger partial charge in [0.2, 0.25) is 5.95 Å².